The smallest absolute Gasteiger partial charge is 0.226 e. The zero-order valence-corrected chi connectivity index (χ0v) is 12.2. The summed E-state index contributed by atoms with van der Waals surface area (Å²) in [6.45, 7) is 2.28. The summed E-state index contributed by atoms with van der Waals surface area (Å²) in [7, 11) is 0. The number of nitrogens with one attached hydrogen (secondary N) is 1. The Labute approximate surface area is 123 Å². The maximum Gasteiger partial charge on any atom is 0.226 e. The van der Waals surface area contributed by atoms with Gasteiger partial charge in [0, 0.05) is 11.3 Å². The molecule has 0 aliphatic carbocycles. The summed E-state index contributed by atoms with van der Waals surface area (Å²) >= 11 is 1.74. The first-order valence-corrected chi connectivity index (χ1v) is 8.09. The van der Waals surface area contributed by atoms with Gasteiger partial charge in [0.25, 0.3) is 0 Å². The second-order valence-electron chi connectivity index (χ2n) is 5.10. The molecule has 0 saturated carbocycles. The molecule has 5 heteroatoms. The van der Waals surface area contributed by atoms with Crippen LogP contribution in [0.25, 0.3) is 0 Å². The molecule has 0 spiro atoms. The Morgan fingerprint density at radius 1 is 1.30 bits per heavy atom. The first-order chi connectivity index (χ1) is 9.90. The molecule has 4 nitrogen and oxygen atoms in total. The van der Waals surface area contributed by atoms with Crippen molar-refractivity contribution in [3.8, 4) is 0 Å². The molecule has 1 aliphatic heterocycles. The molecule has 1 atom stereocenters. The van der Waals surface area contributed by atoms with E-state index in [1.807, 2.05) is 18.2 Å². The summed E-state index contributed by atoms with van der Waals surface area (Å²) in [5, 5.41) is 7.44. The van der Waals surface area contributed by atoms with Crippen LogP contribution in [-0.2, 0) is 12.2 Å². The highest BCUT2D eigenvalue weighted by molar-refractivity contribution is 7.98. The second-order valence-corrected chi connectivity index (χ2v) is 6.15. The molecule has 1 fully saturated rings. The highest BCUT2D eigenvalue weighted by Gasteiger charge is 2.16. The van der Waals surface area contributed by atoms with Crippen molar-refractivity contribution in [1.29, 1.82) is 0 Å². The highest BCUT2D eigenvalue weighted by Crippen LogP contribution is 2.21. The van der Waals surface area contributed by atoms with Gasteiger partial charge in [-0.15, -0.1) is 11.8 Å². The third-order valence-electron chi connectivity index (χ3n) is 3.55. The Morgan fingerprint density at radius 2 is 2.20 bits per heavy atom. The largest absolute Gasteiger partial charge is 0.339 e. The van der Waals surface area contributed by atoms with E-state index in [4.69, 9.17) is 4.52 Å². The van der Waals surface area contributed by atoms with Crippen LogP contribution in [0.4, 0.5) is 0 Å². The SMILES string of the molecule is c1ccc(SCc2noc(CCC3CCNC3)n2)cc1. The second kappa shape index (κ2) is 6.90. The van der Waals surface area contributed by atoms with E-state index in [0.717, 1.165) is 49.3 Å². The van der Waals surface area contributed by atoms with E-state index < -0.39 is 0 Å². The summed E-state index contributed by atoms with van der Waals surface area (Å²) in [5.74, 6) is 3.10. The summed E-state index contributed by atoms with van der Waals surface area (Å²) in [6.07, 6.45) is 3.31. The minimum atomic E-state index is 0.762. The van der Waals surface area contributed by atoms with Gasteiger partial charge in [0.15, 0.2) is 5.82 Å². The number of nitrogens with zero attached hydrogens (tertiary/aromatic N) is 2. The first kappa shape index (κ1) is 13.6. The molecule has 1 aliphatic rings. The number of rotatable bonds is 6. The molecular weight excluding hydrogens is 270 g/mol. The van der Waals surface area contributed by atoms with Crippen LogP contribution in [0.1, 0.15) is 24.6 Å². The van der Waals surface area contributed by atoms with Gasteiger partial charge in [-0.1, -0.05) is 23.4 Å². The van der Waals surface area contributed by atoms with E-state index in [9.17, 15) is 0 Å². The van der Waals surface area contributed by atoms with Crippen molar-refractivity contribution < 1.29 is 4.52 Å². The predicted molar refractivity (Wildman–Crippen MR) is 79.6 cm³/mol. The number of benzene rings is 1. The standard InChI is InChI=1S/C15H19N3OS/c1-2-4-13(5-3-1)20-11-14-17-15(19-18-14)7-6-12-8-9-16-10-12/h1-5,12,16H,6-11H2. The quantitative estimate of drug-likeness (QED) is 0.829. The molecule has 0 amide bonds. The lowest BCUT2D eigenvalue weighted by atomic mass is 10.0. The lowest BCUT2D eigenvalue weighted by Crippen LogP contribution is -2.09. The van der Waals surface area contributed by atoms with E-state index in [0.29, 0.717) is 0 Å². The summed E-state index contributed by atoms with van der Waals surface area (Å²) < 4.78 is 5.32. The topological polar surface area (TPSA) is 51.0 Å². The van der Waals surface area contributed by atoms with Gasteiger partial charge in [-0.3, -0.25) is 0 Å². The fourth-order valence-corrected chi connectivity index (χ4v) is 3.17. The van der Waals surface area contributed by atoms with Crippen molar-refractivity contribution >= 4 is 11.8 Å². The number of thioether (sulfide) groups is 1. The van der Waals surface area contributed by atoms with E-state index in [-0.39, 0.29) is 0 Å². The van der Waals surface area contributed by atoms with Crippen molar-refractivity contribution in [2.75, 3.05) is 13.1 Å². The van der Waals surface area contributed by atoms with Crippen molar-refractivity contribution in [2.24, 2.45) is 5.92 Å². The Bertz CT molecular complexity index is 523. The van der Waals surface area contributed by atoms with Crippen molar-refractivity contribution in [3.63, 3.8) is 0 Å². The maximum absolute atomic E-state index is 5.32. The molecular formula is C15H19N3OS. The Morgan fingerprint density at radius 3 is 3.00 bits per heavy atom. The number of aryl methyl sites for hydroxylation is 1. The van der Waals surface area contributed by atoms with Gasteiger partial charge < -0.3 is 9.84 Å². The minimum absolute atomic E-state index is 0.762. The molecule has 1 aromatic heterocycles. The molecule has 0 bridgehead atoms. The van der Waals surface area contributed by atoms with E-state index in [2.05, 4.69) is 27.6 Å². The van der Waals surface area contributed by atoms with Crippen LogP contribution in [0.15, 0.2) is 39.8 Å². The van der Waals surface area contributed by atoms with Crippen molar-refractivity contribution in [2.45, 2.75) is 29.9 Å². The molecule has 2 aromatic rings. The van der Waals surface area contributed by atoms with E-state index >= 15 is 0 Å². The zero-order chi connectivity index (χ0) is 13.6. The van der Waals surface area contributed by atoms with Crippen LogP contribution < -0.4 is 5.32 Å². The van der Waals surface area contributed by atoms with E-state index in [1.54, 1.807) is 11.8 Å². The van der Waals surface area contributed by atoms with Gasteiger partial charge in [0.05, 0.1) is 5.75 Å². The molecule has 0 radical (unpaired) electrons. The normalized spacial score (nSPS) is 18.5. The number of hydrogen-bond acceptors (Lipinski definition) is 5. The summed E-state index contributed by atoms with van der Waals surface area (Å²) in [4.78, 5) is 5.70. The zero-order valence-electron chi connectivity index (χ0n) is 11.4. The summed E-state index contributed by atoms with van der Waals surface area (Å²) in [5.41, 5.74) is 0. The molecule has 1 unspecified atom stereocenters. The monoisotopic (exact) mass is 289 g/mol. The highest BCUT2D eigenvalue weighted by atomic mass is 32.2. The molecule has 106 valence electrons. The van der Waals surface area contributed by atoms with Gasteiger partial charge in [0.2, 0.25) is 5.89 Å². The molecule has 3 rings (SSSR count). The maximum atomic E-state index is 5.32. The third kappa shape index (κ3) is 3.84. The molecule has 1 saturated heterocycles. The Kier molecular flexibility index (Phi) is 4.71. The lowest BCUT2D eigenvalue weighted by molar-refractivity contribution is 0.361. The van der Waals surface area contributed by atoms with Gasteiger partial charge in [-0.05, 0) is 44.0 Å². The Balaban J connectivity index is 1.46. The fourth-order valence-electron chi connectivity index (χ4n) is 2.40. The van der Waals surface area contributed by atoms with Gasteiger partial charge in [0.1, 0.15) is 0 Å². The van der Waals surface area contributed by atoms with Crippen LogP contribution >= 0.6 is 11.8 Å². The molecule has 1 N–H and O–H groups in total. The first-order valence-electron chi connectivity index (χ1n) is 7.10. The number of hydrogen-bond donors (Lipinski definition) is 1. The fraction of sp³-hybridized carbons (Fsp3) is 0.467. The average Bonchev–Trinajstić information content (AvgIpc) is 3.16. The average molecular weight is 289 g/mol. The van der Waals surface area contributed by atoms with E-state index in [1.165, 1.54) is 11.3 Å². The number of aromatic nitrogens is 2. The third-order valence-corrected chi connectivity index (χ3v) is 4.56. The van der Waals surface area contributed by atoms with Gasteiger partial charge in [-0.2, -0.15) is 4.98 Å². The van der Waals surface area contributed by atoms with Gasteiger partial charge >= 0.3 is 0 Å². The van der Waals surface area contributed by atoms with Crippen LogP contribution in [0.2, 0.25) is 0 Å². The lowest BCUT2D eigenvalue weighted by Gasteiger charge is -2.03. The van der Waals surface area contributed by atoms with Crippen LogP contribution in [-0.4, -0.2) is 23.2 Å². The van der Waals surface area contributed by atoms with Crippen molar-refractivity contribution in [1.82, 2.24) is 15.5 Å². The predicted octanol–water partition coefficient (Wildman–Crippen LogP) is 2.90. The molecule has 1 aromatic carbocycles. The van der Waals surface area contributed by atoms with Gasteiger partial charge in [-0.25, -0.2) is 0 Å². The van der Waals surface area contributed by atoms with Crippen molar-refractivity contribution in [3.05, 3.63) is 42.0 Å². The van der Waals surface area contributed by atoms with Crippen LogP contribution in [0.5, 0.6) is 0 Å². The minimum Gasteiger partial charge on any atom is -0.339 e. The molecule has 20 heavy (non-hydrogen) atoms. The summed E-state index contributed by atoms with van der Waals surface area (Å²) in [6, 6.07) is 10.3. The van der Waals surface area contributed by atoms with Crippen LogP contribution in [0.3, 0.4) is 0 Å². The Hall–Kier alpha value is -1.33. The molecule has 2 heterocycles. The van der Waals surface area contributed by atoms with Crippen LogP contribution in [0, 0.1) is 5.92 Å².